The van der Waals surface area contributed by atoms with Crippen molar-refractivity contribution in [3.05, 3.63) is 5.89 Å². The summed E-state index contributed by atoms with van der Waals surface area (Å²) in [6, 6.07) is 0.544. The van der Waals surface area contributed by atoms with Crippen LogP contribution in [0, 0.1) is 0 Å². The number of nitrogens with zero attached hydrogens (tertiary/aromatic N) is 3. The van der Waals surface area contributed by atoms with Crippen LogP contribution in [0.25, 0.3) is 0 Å². The van der Waals surface area contributed by atoms with Gasteiger partial charge >= 0.3 is 6.01 Å². The van der Waals surface area contributed by atoms with Crippen LogP contribution in [-0.4, -0.2) is 39.9 Å². The van der Waals surface area contributed by atoms with E-state index < -0.39 is 5.60 Å². The molecule has 1 N–H and O–H groups in total. The van der Waals surface area contributed by atoms with Gasteiger partial charge in [-0.3, -0.25) is 0 Å². The Morgan fingerprint density at radius 2 is 2.24 bits per heavy atom. The minimum absolute atomic E-state index is 0.482. The van der Waals surface area contributed by atoms with Gasteiger partial charge in [-0.05, 0) is 26.2 Å². The number of rotatable bonds is 3. The summed E-state index contributed by atoms with van der Waals surface area (Å²) in [5.41, 5.74) is -0.576. The van der Waals surface area contributed by atoms with Crippen LogP contribution < -0.4 is 4.90 Å². The second-order valence-electron chi connectivity index (χ2n) is 4.75. The number of aryl methyl sites for hydroxylation is 1. The zero-order valence-corrected chi connectivity index (χ0v) is 10.8. The van der Waals surface area contributed by atoms with Crippen molar-refractivity contribution in [3.8, 4) is 0 Å². The maximum absolute atomic E-state index is 10.00. The Bertz CT molecular complexity index is 367. The molecule has 0 bridgehead atoms. The second kappa shape index (κ2) is 5.23. The summed E-state index contributed by atoms with van der Waals surface area (Å²) in [5.74, 6) is 1.06. The normalized spacial score (nSPS) is 25.9. The van der Waals surface area contributed by atoms with Gasteiger partial charge in [0.15, 0.2) is 0 Å². The lowest BCUT2D eigenvalue weighted by Gasteiger charge is -2.21. The van der Waals surface area contributed by atoms with E-state index in [1.165, 1.54) is 0 Å². The number of hydrogen-bond donors (Lipinski definition) is 1. The zero-order valence-electron chi connectivity index (χ0n) is 10.0. The average molecular weight is 260 g/mol. The average Bonchev–Trinajstić information content (AvgIpc) is 2.64. The molecule has 0 aliphatic carbocycles. The van der Waals surface area contributed by atoms with Gasteiger partial charge in [0, 0.05) is 25.4 Å². The monoisotopic (exact) mass is 259 g/mol. The molecule has 1 fully saturated rings. The predicted molar refractivity (Wildman–Crippen MR) is 65.4 cm³/mol. The third kappa shape index (κ3) is 3.33. The largest absolute Gasteiger partial charge is 0.408 e. The highest BCUT2D eigenvalue weighted by molar-refractivity contribution is 6.17. The second-order valence-corrected chi connectivity index (χ2v) is 5.13. The third-order valence-electron chi connectivity index (χ3n) is 3.10. The van der Waals surface area contributed by atoms with Gasteiger partial charge in [-0.1, -0.05) is 5.10 Å². The van der Waals surface area contributed by atoms with Crippen molar-refractivity contribution in [3.63, 3.8) is 0 Å². The Morgan fingerprint density at radius 3 is 3.00 bits per heavy atom. The Hall–Kier alpha value is -0.810. The molecule has 0 aromatic carbocycles. The van der Waals surface area contributed by atoms with E-state index in [9.17, 15) is 5.11 Å². The minimum Gasteiger partial charge on any atom is -0.408 e. The predicted octanol–water partition coefficient (Wildman–Crippen LogP) is 1.59. The first-order valence-corrected chi connectivity index (χ1v) is 6.50. The smallest absolute Gasteiger partial charge is 0.318 e. The van der Waals surface area contributed by atoms with Gasteiger partial charge in [0.25, 0.3) is 0 Å². The van der Waals surface area contributed by atoms with Crippen LogP contribution in [0.4, 0.5) is 6.01 Å². The van der Waals surface area contributed by atoms with Crippen LogP contribution in [0.15, 0.2) is 4.42 Å². The summed E-state index contributed by atoms with van der Waals surface area (Å²) in [4.78, 5) is 2.03. The van der Waals surface area contributed by atoms with Crippen molar-refractivity contribution < 1.29 is 9.52 Å². The van der Waals surface area contributed by atoms with Crippen LogP contribution in [-0.2, 0) is 6.42 Å². The topological polar surface area (TPSA) is 62.4 Å². The number of anilines is 1. The molecule has 0 spiro atoms. The van der Waals surface area contributed by atoms with Crippen molar-refractivity contribution in [2.24, 2.45) is 0 Å². The molecule has 1 aliphatic rings. The highest BCUT2D eigenvalue weighted by Crippen LogP contribution is 2.24. The molecule has 1 saturated heterocycles. The molecule has 1 aromatic heterocycles. The molecule has 1 aliphatic heterocycles. The number of halogens is 1. The Kier molecular flexibility index (Phi) is 3.89. The zero-order chi connectivity index (χ0) is 12.3. The SMILES string of the molecule is CC1(O)CCCN(c2nnc(CCCl)o2)CC1. The van der Waals surface area contributed by atoms with E-state index in [1.54, 1.807) is 0 Å². The van der Waals surface area contributed by atoms with Crippen molar-refractivity contribution in [2.45, 2.75) is 38.2 Å². The molecule has 2 heterocycles. The minimum atomic E-state index is -0.576. The van der Waals surface area contributed by atoms with Gasteiger partial charge in [-0.2, -0.15) is 0 Å². The molecule has 6 heteroatoms. The highest BCUT2D eigenvalue weighted by atomic mass is 35.5. The van der Waals surface area contributed by atoms with Gasteiger partial charge in [0.05, 0.1) is 5.60 Å². The van der Waals surface area contributed by atoms with Crippen LogP contribution in [0.2, 0.25) is 0 Å². The first-order chi connectivity index (χ1) is 8.11. The third-order valence-corrected chi connectivity index (χ3v) is 3.29. The van der Waals surface area contributed by atoms with Crippen LogP contribution >= 0.6 is 11.6 Å². The van der Waals surface area contributed by atoms with Gasteiger partial charge in [0.1, 0.15) is 0 Å². The van der Waals surface area contributed by atoms with Crippen molar-refractivity contribution in [1.82, 2.24) is 10.2 Å². The maximum atomic E-state index is 10.00. The molecule has 0 radical (unpaired) electrons. The molecule has 17 heavy (non-hydrogen) atoms. The molecule has 1 unspecified atom stereocenters. The fourth-order valence-electron chi connectivity index (χ4n) is 2.01. The fraction of sp³-hybridized carbons (Fsp3) is 0.818. The van der Waals surface area contributed by atoms with E-state index in [2.05, 4.69) is 10.2 Å². The molecule has 2 rings (SSSR count). The van der Waals surface area contributed by atoms with Crippen molar-refractivity contribution >= 4 is 17.6 Å². The molecule has 0 amide bonds. The lowest BCUT2D eigenvalue weighted by Crippen LogP contribution is -2.28. The summed E-state index contributed by atoms with van der Waals surface area (Å²) in [6.07, 6.45) is 3.06. The number of aromatic nitrogens is 2. The molecule has 1 atom stereocenters. The molecule has 1 aromatic rings. The molecular weight excluding hydrogens is 242 g/mol. The molecule has 5 nitrogen and oxygen atoms in total. The molecular formula is C11H18ClN3O2. The standard InChI is InChI=1S/C11H18ClN3O2/c1-11(16)4-2-7-15(8-5-11)10-14-13-9(17-10)3-6-12/h16H,2-8H2,1H3. The first-order valence-electron chi connectivity index (χ1n) is 5.96. The number of alkyl halides is 1. The summed E-state index contributed by atoms with van der Waals surface area (Å²) < 4.78 is 5.52. The summed E-state index contributed by atoms with van der Waals surface area (Å²) in [6.45, 7) is 3.47. The van der Waals surface area contributed by atoms with Crippen molar-refractivity contribution in [2.75, 3.05) is 23.9 Å². The van der Waals surface area contributed by atoms with E-state index >= 15 is 0 Å². The Labute approximate surface area is 106 Å². The van der Waals surface area contributed by atoms with Crippen LogP contribution in [0.5, 0.6) is 0 Å². The summed E-state index contributed by atoms with van der Waals surface area (Å²) in [7, 11) is 0. The summed E-state index contributed by atoms with van der Waals surface area (Å²) >= 11 is 5.62. The van der Waals surface area contributed by atoms with E-state index in [0.717, 1.165) is 32.4 Å². The number of hydrogen-bond acceptors (Lipinski definition) is 5. The highest BCUT2D eigenvalue weighted by Gasteiger charge is 2.26. The van der Waals surface area contributed by atoms with E-state index in [1.807, 2.05) is 11.8 Å². The van der Waals surface area contributed by atoms with Gasteiger partial charge in [-0.15, -0.1) is 16.7 Å². The lowest BCUT2D eigenvalue weighted by molar-refractivity contribution is 0.0481. The number of aliphatic hydroxyl groups is 1. The lowest BCUT2D eigenvalue weighted by atomic mass is 9.98. The molecule has 0 saturated carbocycles. The van der Waals surface area contributed by atoms with E-state index in [4.69, 9.17) is 16.0 Å². The van der Waals surface area contributed by atoms with Crippen LogP contribution in [0.1, 0.15) is 32.1 Å². The summed E-state index contributed by atoms with van der Waals surface area (Å²) in [5, 5.41) is 18.0. The maximum Gasteiger partial charge on any atom is 0.318 e. The van der Waals surface area contributed by atoms with Gasteiger partial charge in [0.2, 0.25) is 5.89 Å². The van der Waals surface area contributed by atoms with E-state index in [-0.39, 0.29) is 0 Å². The molecule has 96 valence electrons. The van der Waals surface area contributed by atoms with Crippen molar-refractivity contribution in [1.29, 1.82) is 0 Å². The Balaban J connectivity index is 2.01. The van der Waals surface area contributed by atoms with Crippen LogP contribution in [0.3, 0.4) is 0 Å². The first kappa shape index (κ1) is 12.6. The fourth-order valence-corrected chi connectivity index (χ4v) is 2.17. The Morgan fingerprint density at radius 1 is 1.41 bits per heavy atom. The quantitative estimate of drug-likeness (QED) is 0.836. The van der Waals surface area contributed by atoms with Gasteiger partial charge in [-0.25, -0.2) is 0 Å². The van der Waals surface area contributed by atoms with E-state index in [0.29, 0.717) is 24.2 Å². The van der Waals surface area contributed by atoms with Gasteiger partial charge < -0.3 is 14.4 Å².